The van der Waals surface area contributed by atoms with Crippen molar-refractivity contribution < 1.29 is 14.3 Å². The maximum Gasteiger partial charge on any atom is 0.238 e. The van der Waals surface area contributed by atoms with Crippen molar-refractivity contribution in [3.05, 3.63) is 47.1 Å². The number of anilines is 1. The van der Waals surface area contributed by atoms with Crippen LogP contribution < -0.4 is 15.4 Å². The molecule has 0 saturated carbocycles. The van der Waals surface area contributed by atoms with E-state index < -0.39 is 0 Å². The number of hydrogen-bond donors (Lipinski definition) is 2. The minimum atomic E-state index is -0.136. The van der Waals surface area contributed by atoms with Gasteiger partial charge in [0.15, 0.2) is 0 Å². The minimum Gasteiger partial charge on any atom is -0.439 e. The molecule has 0 unspecified atom stereocenters. The summed E-state index contributed by atoms with van der Waals surface area (Å²) in [7, 11) is 1.62. The van der Waals surface area contributed by atoms with Crippen molar-refractivity contribution in [3.8, 4) is 11.6 Å². The topological polar surface area (TPSA) is 72.5 Å². The van der Waals surface area contributed by atoms with E-state index in [1.807, 2.05) is 24.3 Å². The summed E-state index contributed by atoms with van der Waals surface area (Å²) in [6, 6.07) is 10.9. The summed E-state index contributed by atoms with van der Waals surface area (Å²) in [5, 5.41) is 5.72. The van der Waals surface area contributed by atoms with Gasteiger partial charge in [-0.3, -0.25) is 4.79 Å². The quantitative estimate of drug-likeness (QED) is 0.690. The lowest BCUT2D eigenvalue weighted by molar-refractivity contribution is -0.115. The van der Waals surface area contributed by atoms with E-state index in [2.05, 4.69) is 31.5 Å². The van der Waals surface area contributed by atoms with Crippen LogP contribution in [0.1, 0.15) is 0 Å². The molecule has 6 nitrogen and oxygen atoms in total. The van der Waals surface area contributed by atoms with Gasteiger partial charge in [-0.2, -0.15) is 0 Å². The van der Waals surface area contributed by atoms with Gasteiger partial charge < -0.3 is 20.1 Å². The Bertz CT molecular complexity index is 635. The van der Waals surface area contributed by atoms with E-state index in [1.54, 1.807) is 25.4 Å². The molecule has 0 aliphatic rings. The molecule has 2 N–H and O–H groups in total. The van der Waals surface area contributed by atoms with Gasteiger partial charge in [0.05, 0.1) is 25.0 Å². The molecule has 0 fully saturated rings. The highest BCUT2D eigenvalue weighted by Gasteiger charge is 2.04. The van der Waals surface area contributed by atoms with Gasteiger partial charge >= 0.3 is 0 Å². The van der Waals surface area contributed by atoms with Gasteiger partial charge in [0.2, 0.25) is 11.8 Å². The number of carbonyl (C=O) groups is 1. The van der Waals surface area contributed by atoms with Crippen LogP contribution in [0.4, 0.5) is 5.69 Å². The summed E-state index contributed by atoms with van der Waals surface area (Å²) in [6.45, 7) is 1.41. The van der Waals surface area contributed by atoms with Gasteiger partial charge in [-0.15, -0.1) is 0 Å². The molecule has 0 aliphatic carbocycles. The molecule has 1 aromatic carbocycles. The first kappa shape index (κ1) is 17.4. The Hall–Kier alpha value is -1.96. The Labute approximate surface area is 143 Å². The number of hydrogen-bond acceptors (Lipinski definition) is 5. The van der Waals surface area contributed by atoms with Crippen LogP contribution in [-0.4, -0.2) is 37.7 Å². The van der Waals surface area contributed by atoms with Crippen LogP contribution in [0.25, 0.3) is 0 Å². The first-order chi connectivity index (χ1) is 11.2. The zero-order chi connectivity index (χ0) is 16.5. The van der Waals surface area contributed by atoms with Crippen molar-refractivity contribution in [2.75, 3.05) is 32.1 Å². The molecule has 0 aliphatic heterocycles. The summed E-state index contributed by atoms with van der Waals surface area (Å²) in [5.41, 5.74) is 0.616. The zero-order valence-corrected chi connectivity index (χ0v) is 14.3. The van der Waals surface area contributed by atoms with Crippen LogP contribution in [0.3, 0.4) is 0 Å². The predicted octanol–water partition coefficient (Wildman–Crippen LogP) is 2.81. The number of rotatable bonds is 8. The highest BCUT2D eigenvalue weighted by Crippen LogP contribution is 2.23. The molecule has 0 atom stereocenters. The molecule has 0 spiro atoms. The highest BCUT2D eigenvalue weighted by molar-refractivity contribution is 9.10. The van der Waals surface area contributed by atoms with Crippen molar-refractivity contribution >= 4 is 27.5 Å². The van der Waals surface area contributed by atoms with E-state index in [4.69, 9.17) is 9.47 Å². The summed E-state index contributed by atoms with van der Waals surface area (Å²) < 4.78 is 11.5. The Morgan fingerprint density at radius 1 is 1.30 bits per heavy atom. The SMILES string of the molecule is COCCNCC(=O)Nc1ccc(Oc2cccc(Br)c2)nc1. The molecular weight excluding hydrogens is 362 g/mol. The second kappa shape index (κ2) is 9.24. The molecule has 1 amide bonds. The Kier molecular flexibility index (Phi) is 6.99. The number of nitrogens with one attached hydrogen (secondary N) is 2. The molecule has 2 rings (SSSR count). The zero-order valence-electron chi connectivity index (χ0n) is 12.7. The summed E-state index contributed by atoms with van der Waals surface area (Å²) >= 11 is 3.38. The largest absolute Gasteiger partial charge is 0.439 e. The fourth-order valence-electron chi connectivity index (χ4n) is 1.75. The lowest BCUT2D eigenvalue weighted by atomic mass is 10.3. The Morgan fingerprint density at radius 3 is 2.87 bits per heavy atom. The average Bonchev–Trinajstić information content (AvgIpc) is 2.54. The summed E-state index contributed by atoms with van der Waals surface area (Å²) in [5.74, 6) is 1.01. The number of amides is 1. The maximum atomic E-state index is 11.7. The van der Waals surface area contributed by atoms with Crippen molar-refractivity contribution in [1.82, 2.24) is 10.3 Å². The van der Waals surface area contributed by atoms with E-state index in [9.17, 15) is 4.79 Å². The molecule has 0 radical (unpaired) electrons. The van der Waals surface area contributed by atoms with Crippen LogP contribution in [0.5, 0.6) is 11.6 Å². The lowest BCUT2D eigenvalue weighted by Crippen LogP contribution is -2.30. The number of pyridine rings is 1. The minimum absolute atomic E-state index is 0.136. The average molecular weight is 380 g/mol. The standard InChI is InChI=1S/C16H18BrN3O3/c1-22-8-7-18-11-15(21)20-13-5-6-16(19-10-13)23-14-4-2-3-12(17)9-14/h2-6,9-10,18H,7-8,11H2,1H3,(H,20,21). The van der Waals surface area contributed by atoms with E-state index in [0.29, 0.717) is 30.5 Å². The monoisotopic (exact) mass is 379 g/mol. The third kappa shape index (κ3) is 6.35. The van der Waals surface area contributed by atoms with E-state index in [-0.39, 0.29) is 12.5 Å². The number of benzene rings is 1. The smallest absolute Gasteiger partial charge is 0.238 e. The van der Waals surface area contributed by atoms with Crippen molar-refractivity contribution in [2.24, 2.45) is 0 Å². The van der Waals surface area contributed by atoms with Crippen LogP contribution in [0.2, 0.25) is 0 Å². The third-order valence-corrected chi connectivity index (χ3v) is 3.30. The number of ether oxygens (including phenoxy) is 2. The summed E-state index contributed by atoms with van der Waals surface area (Å²) in [4.78, 5) is 15.9. The first-order valence-electron chi connectivity index (χ1n) is 7.06. The number of halogens is 1. The van der Waals surface area contributed by atoms with Crippen LogP contribution in [0.15, 0.2) is 47.1 Å². The molecule has 1 aromatic heterocycles. The maximum absolute atomic E-state index is 11.7. The number of aromatic nitrogens is 1. The van der Waals surface area contributed by atoms with Crippen LogP contribution >= 0.6 is 15.9 Å². The van der Waals surface area contributed by atoms with E-state index in [1.165, 1.54) is 0 Å². The molecule has 2 aromatic rings. The van der Waals surface area contributed by atoms with Gasteiger partial charge in [0.25, 0.3) is 0 Å². The van der Waals surface area contributed by atoms with Gasteiger partial charge in [-0.05, 0) is 24.3 Å². The normalized spacial score (nSPS) is 10.3. The van der Waals surface area contributed by atoms with Gasteiger partial charge in [0.1, 0.15) is 5.75 Å². The van der Waals surface area contributed by atoms with Crippen molar-refractivity contribution in [3.63, 3.8) is 0 Å². The second-order valence-corrected chi connectivity index (χ2v) is 5.58. The molecule has 7 heteroatoms. The fourth-order valence-corrected chi connectivity index (χ4v) is 2.13. The number of carbonyl (C=O) groups excluding carboxylic acids is 1. The van der Waals surface area contributed by atoms with Crippen molar-refractivity contribution in [1.29, 1.82) is 0 Å². The Balaban J connectivity index is 1.83. The van der Waals surface area contributed by atoms with Crippen molar-refractivity contribution in [2.45, 2.75) is 0 Å². The first-order valence-corrected chi connectivity index (χ1v) is 7.85. The second-order valence-electron chi connectivity index (χ2n) is 4.66. The molecular formula is C16H18BrN3O3. The van der Waals surface area contributed by atoms with E-state index >= 15 is 0 Å². The van der Waals surface area contributed by atoms with Gasteiger partial charge in [0, 0.05) is 24.2 Å². The Morgan fingerprint density at radius 2 is 2.17 bits per heavy atom. The van der Waals surface area contributed by atoms with Crippen LogP contribution in [-0.2, 0) is 9.53 Å². The third-order valence-electron chi connectivity index (χ3n) is 2.81. The van der Waals surface area contributed by atoms with Gasteiger partial charge in [-0.25, -0.2) is 4.98 Å². The molecule has 23 heavy (non-hydrogen) atoms. The fraction of sp³-hybridized carbons (Fsp3) is 0.250. The molecule has 0 saturated heterocycles. The number of nitrogens with zero attached hydrogens (tertiary/aromatic N) is 1. The molecule has 122 valence electrons. The van der Waals surface area contributed by atoms with Crippen LogP contribution in [0, 0.1) is 0 Å². The van der Waals surface area contributed by atoms with Gasteiger partial charge in [-0.1, -0.05) is 22.0 Å². The predicted molar refractivity (Wildman–Crippen MR) is 91.8 cm³/mol. The lowest BCUT2D eigenvalue weighted by Gasteiger charge is -2.08. The molecule has 1 heterocycles. The number of methoxy groups -OCH3 is 1. The highest BCUT2D eigenvalue weighted by atomic mass is 79.9. The molecule has 0 bridgehead atoms. The summed E-state index contributed by atoms with van der Waals surface area (Å²) in [6.07, 6.45) is 1.56. The van der Waals surface area contributed by atoms with E-state index in [0.717, 1.165) is 4.47 Å².